The Bertz CT molecular complexity index is 786. The lowest BCUT2D eigenvalue weighted by Crippen LogP contribution is -2.50. The third-order valence-corrected chi connectivity index (χ3v) is 5.39. The van der Waals surface area contributed by atoms with Crippen molar-refractivity contribution in [2.24, 2.45) is 0 Å². The number of hydrogen-bond acceptors (Lipinski definition) is 3. The molecule has 0 unspecified atom stereocenters. The van der Waals surface area contributed by atoms with Gasteiger partial charge in [-0.15, -0.1) is 0 Å². The summed E-state index contributed by atoms with van der Waals surface area (Å²) in [6.45, 7) is 4.97. The van der Waals surface area contributed by atoms with Crippen molar-refractivity contribution in [3.8, 4) is 0 Å². The summed E-state index contributed by atoms with van der Waals surface area (Å²) in [5, 5.41) is 0. The average Bonchev–Trinajstić information content (AvgIpc) is 3.07. The average molecular weight is 353 g/mol. The second kappa shape index (κ2) is 7.46. The van der Waals surface area contributed by atoms with Crippen LogP contribution in [0.4, 0.5) is 10.1 Å². The molecule has 2 heterocycles. The molecule has 1 amide bonds. The van der Waals surface area contributed by atoms with Crippen LogP contribution < -0.4 is 4.90 Å². The summed E-state index contributed by atoms with van der Waals surface area (Å²) >= 11 is 0. The van der Waals surface area contributed by atoms with Gasteiger partial charge in [-0.1, -0.05) is 36.4 Å². The number of nitrogens with zero attached hydrogens (tertiary/aromatic N) is 3. The lowest BCUT2D eigenvalue weighted by Gasteiger charge is -2.35. The number of halogens is 1. The van der Waals surface area contributed by atoms with E-state index >= 15 is 0 Å². The zero-order valence-corrected chi connectivity index (χ0v) is 14.9. The quantitative estimate of drug-likeness (QED) is 0.845. The predicted molar refractivity (Wildman–Crippen MR) is 101 cm³/mol. The molecule has 2 aliphatic heterocycles. The Kier molecular flexibility index (Phi) is 4.89. The summed E-state index contributed by atoms with van der Waals surface area (Å²) < 4.78 is 13.8. The maximum Gasteiger partial charge on any atom is 0.242 e. The van der Waals surface area contributed by atoms with Gasteiger partial charge < -0.3 is 9.80 Å². The van der Waals surface area contributed by atoms with Crippen molar-refractivity contribution in [2.75, 3.05) is 44.2 Å². The molecule has 2 aliphatic rings. The molecule has 2 aromatic carbocycles. The Hall–Kier alpha value is -2.40. The van der Waals surface area contributed by atoms with Gasteiger partial charge >= 0.3 is 0 Å². The highest BCUT2D eigenvalue weighted by atomic mass is 19.1. The smallest absolute Gasteiger partial charge is 0.242 e. The number of carbonyl (C=O) groups is 1. The first kappa shape index (κ1) is 17.0. The summed E-state index contributed by atoms with van der Waals surface area (Å²) in [6.07, 6.45) is 1.01. The molecular weight excluding hydrogens is 329 g/mol. The number of hydrogen-bond donors (Lipinski definition) is 0. The lowest BCUT2D eigenvalue weighted by molar-refractivity contribution is -0.131. The van der Waals surface area contributed by atoms with Gasteiger partial charge in [0.05, 0.1) is 6.54 Å². The van der Waals surface area contributed by atoms with Crippen LogP contribution in [0.2, 0.25) is 0 Å². The Labute approximate surface area is 153 Å². The Morgan fingerprint density at radius 2 is 1.65 bits per heavy atom. The second-order valence-electron chi connectivity index (χ2n) is 7.05. The SMILES string of the molecule is O=C(CN1CCc2ccccc21)N1CCN(Cc2ccccc2F)CC1. The van der Waals surface area contributed by atoms with E-state index in [0.717, 1.165) is 31.6 Å². The van der Waals surface area contributed by atoms with Crippen LogP contribution in [0, 0.1) is 5.82 Å². The van der Waals surface area contributed by atoms with E-state index in [1.54, 1.807) is 6.07 Å². The molecule has 1 saturated heterocycles. The molecule has 0 aliphatic carbocycles. The van der Waals surface area contributed by atoms with E-state index in [1.807, 2.05) is 23.1 Å². The molecule has 5 heteroatoms. The van der Waals surface area contributed by atoms with E-state index < -0.39 is 0 Å². The predicted octanol–water partition coefficient (Wildman–Crippen LogP) is 2.53. The first-order valence-corrected chi connectivity index (χ1v) is 9.27. The van der Waals surface area contributed by atoms with E-state index in [0.29, 0.717) is 26.2 Å². The van der Waals surface area contributed by atoms with E-state index in [9.17, 15) is 9.18 Å². The van der Waals surface area contributed by atoms with Crippen molar-refractivity contribution >= 4 is 11.6 Å². The molecule has 0 bridgehead atoms. The molecule has 4 rings (SSSR count). The van der Waals surface area contributed by atoms with Crippen molar-refractivity contribution in [1.29, 1.82) is 0 Å². The Balaban J connectivity index is 1.30. The number of carbonyl (C=O) groups excluding carboxylic acids is 1. The first-order valence-electron chi connectivity index (χ1n) is 9.27. The zero-order chi connectivity index (χ0) is 17.9. The summed E-state index contributed by atoms with van der Waals surface area (Å²) in [5.74, 6) is 0.0333. The first-order chi connectivity index (χ1) is 12.7. The van der Waals surface area contributed by atoms with Crippen molar-refractivity contribution in [1.82, 2.24) is 9.80 Å². The number of fused-ring (bicyclic) bond motifs is 1. The molecule has 0 aromatic heterocycles. The minimum atomic E-state index is -0.154. The Morgan fingerprint density at radius 1 is 0.923 bits per heavy atom. The summed E-state index contributed by atoms with van der Waals surface area (Å²) in [6, 6.07) is 15.2. The van der Waals surface area contributed by atoms with Gasteiger partial charge in [-0.2, -0.15) is 0 Å². The third-order valence-electron chi connectivity index (χ3n) is 5.39. The van der Waals surface area contributed by atoms with Gasteiger partial charge in [-0.25, -0.2) is 4.39 Å². The molecular formula is C21H24FN3O. The molecule has 2 aromatic rings. The fourth-order valence-electron chi connectivity index (χ4n) is 3.86. The van der Waals surface area contributed by atoms with E-state index in [4.69, 9.17) is 0 Å². The fourth-order valence-corrected chi connectivity index (χ4v) is 3.86. The van der Waals surface area contributed by atoms with Crippen LogP contribution in [0.5, 0.6) is 0 Å². The van der Waals surface area contributed by atoms with E-state index in [-0.39, 0.29) is 11.7 Å². The number of anilines is 1. The minimum Gasteiger partial charge on any atom is -0.362 e. The van der Waals surface area contributed by atoms with Gasteiger partial charge in [0.25, 0.3) is 0 Å². The van der Waals surface area contributed by atoms with Crippen LogP contribution in [0.3, 0.4) is 0 Å². The number of para-hydroxylation sites is 1. The molecule has 26 heavy (non-hydrogen) atoms. The molecule has 0 atom stereocenters. The monoisotopic (exact) mass is 353 g/mol. The van der Waals surface area contributed by atoms with E-state index in [2.05, 4.69) is 28.0 Å². The standard InChI is InChI=1S/C21H24FN3O/c22-19-7-3-1-6-18(19)15-23-11-13-24(14-12-23)21(26)16-25-10-9-17-5-2-4-8-20(17)25/h1-8H,9-16H2. The number of amides is 1. The topological polar surface area (TPSA) is 26.8 Å². The second-order valence-corrected chi connectivity index (χ2v) is 7.05. The summed E-state index contributed by atoms with van der Waals surface area (Å²) in [4.78, 5) is 19.0. The molecule has 4 nitrogen and oxygen atoms in total. The van der Waals surface area contributed by atoms with Gasteiger partial charge in [0, 0.05) is 50.5 Å². The van der Waals surface area contributed by atoms with Gasteiger partial charge in [-0.05, 0) is 24.1 Å². The highest BCUT2D eigenvalue weighted by molar-refractivity contribution is 5.82. The van der Waals surface area contributed by atoms with Crippen LogP contribution in [0.15, 0.2) is 48.5 Å². The lowest BCUT2D eigenvalue weighted by atomic mass is 10.2. The number of benzene rings is 2. The maximum absolute atomic E-state index is 13.8. The van der Waals surface area contributed by atoms with Crippen LogP contribution in [0.1, 0.15) is 11.1 Å². The molecule has 136 valence electrons. The fraction of sp³-hybridized carbons (Fsp3) is 0.381. The zero-order valence-electron chi connectivity index (χ0n) is 14.9. The molecule has 0 radical (unpaired) electrons. The molecule has 0 spiro atoms. The Morgan fingerprint density at radius 3 is 2.46 bits per heavy atom. The minimum absolute atomic E-state index is 0.154. The van der Waals surface area contributed by atoms with Crippen LogP contribution >= 0.6 is 0 Å². The van der Waals surface area contributed by atoms with Gasteiger partial charge in [0.15, 0.2) is 0 Å². The van der Waals surface area contributed by atoms with Crippen LogP contribution in [0.25, 0.3) is 0 Å². The third kappa shape index (κ3) is 3.58. The van der Waals surface area contributed by atoms with Crippen molar-refractivity contribution < 1.29 is 9.18 Å². The number of piperazine rings is 1. The highest BCUT2D eigenvalue weighted by Crippen LogP contribution is 2.27. The van der Waals surface area contributed by atoms with Gasteiger partial charge in [-0.3, -0.25) is 9.69 Å². The van der Waals surface area contributed by atoms with Crippen molar-refractivity contribution in [2.45, 2.75) is 13.0 Å². The molecule has 0 N–H and O–H groups in total. The van der Waals surface area contributed by atoms with Crippen LogP contribution in [-0.4, -0.2) is 55.0 Å². The molecule has 1 fully saturated rings. The van der Waals surface area contributed by atoms with E-state index in [1.165, 1.54) is 17.3 Å². The van der Waals surface area contributed by atoms with Gasteiger partial charge in [0.1, 0.15) is 5.82 Å². The normalized spacial score (nSPS) is 17.4. The van der Waals surface area contributed by atoms with Gasteiger partial charge in [0.2, 0.25) is 5.91 Å². The highest BCUT2D eigenvalue weighted by Gasteiger charge is 2.26. The van der Waals surface area contributed by atoms with Crippen molar-refractivity contribution in [3.63, 3.8) is 0 Å². The van der Waals surface area contributed by atoms with Crippen molar-refractivity contribution in [3.05, 3.63) is 65.5 Å². The maximum atomic E-state index is 13.8. The summed E-state index contributed by atoms with van der Waals surface area (Å²) in [5.41, 5.74) is 3.25. The molecule has 0 saturated carbocycles. The largest absolute Gasteiger partial charge is 0.362 e. The number of rotatable bonds is 4. The summed E-state index contributed by atoms with van der Waals surface area (Å²) in [7, 11) is 0. The van der Waals surface area contributed by atoms with Crippen LogP contribution in [-0.2, 0) is 17.8 Å².